The molecule has 0 aliphatic heterocycles. The smallest absolute Gasteiger partial charge is 0.267 e. The highest BCUT2D eigenvalue weighted by molar-refractivity contribution is 5.63. The maximum atomic E-state index is 13.9. The Bertz CT molecular complexity index is 834. The fraction of sp³-hybridized carbons (Fsp3) is 0.154. The number of halogens is 1. The van der Waals surface area contributed by atoms with E-state index in [1.165, 1.54) is 23.0 Å². The van der Waals surface area contributed by atoms with Crippen molar-refractivity contribution in [3.8, 4) is 11.1 Å². The first-order valence-corrected chi connectivity index (χ1v) is 5.73. The molecule has 0 spiro atoms. The largest absolute Gasteiger partial charge is 0.304 e. The number of aromatic nitrogens is 4. The molecule has 0 aliphatic carbocycles. The lowest BCUT2D eigenvalue weighted by Crippen LogP contribution is -2.17. The second kappa shape index (κ2) is 4.01. The molecule has 3 aromatic heterocycles. The summed E-state index contributed by atoms with van der Waals surface area (Å²) in [4.78, 5) is 15.6. The molecule has 0 saturated heterocycles. The van der Waals surface area contributed by atoms with Crippen LogP contribution in [0.1, 0.15) is 5.69 Å². The molecule has 6 heteroatoms. The summed E-state index contributed by atoms with van der Waals surface area (Å²) in [5.74, 6) is -0.425. The van der Waals surface area contributed by atoms with Gasteiger partial charge in [-0.25, -0.2) is 14.1 Å². The van der Waals surface area contributed by atoms with E-state index in [1.807, 2.05) is 0 Å². The van der Waals surface area contributed by atoms with Crippen LogP contribution >= 0.6 is 0 Å². The average Bonchev–Trinajstić information content (AvgIpc) is 2.74. The molecule has 96 valence electrons. The molecule has 0 N–H and O–H groups in total. The summed E-state index contributed by atoms with van der Waals surface area (Å²) < 4.78 is 16.8. The van der Waals surface area contributed by atoms with Crippen LogP contribution in [-0.2, 0) is 7.05 Å². The molecule has 0 bridgehead atoms. The highest BCUT2D eigenvalue weighted by Gasteiger charge is 2.09. The van der Waals surface area contributed by atoms with Gasteiger partial charge in [0.25, 0.3) is 5.56 Å². The Hall–Kier alpha value is -2.50. The predicted octanol–water partition coefficient (Wildman–Crippen LogP) is 1.54. The first-order chi connectivity index (χ1) is 9.04. The Labute approximate surface area is 108 Å². The molecule has 3 aromatic rings. The van der Waals surface area contributed by atoms with Gasteiger partial charge in [0.2, 0.25) is 0 Å². The number of hydrogen-bond donors (Lipinski definition) is 0. The quantitative estimate of drug-likeness (QED) is 0.665. The Morgan fingerprint density at radius 2 is 2.00 bits per heavy atom. The van der Waals surface area contributed by atoms with E-state index in [9.17, 15) is 9.18 Å². The third-order valence-corrected chi connectivity index (χ3v) is 2.93. The molecular formula is C13H11FN4O. The van der Waals surface area contributed by atoms with Crippen LogP contribution in [0.5, 0.6) is 0 Å². The van der Waals surface area contributed by atoms with Crippen LogP contribution in [0.4, 0.5) is 4.39 Å². The second-order valence-corrected chi connectivity index (χ2v) is 4.40. The number of fused-ring (bicyclic) bond motifs is 1. The second-order valence-electron chi connectivity index (χ2n) is 4.40. The van der Waals surface area contributed by atoms with Crippen molar-refractivity contribution < 1.29 is 4.39 Å². The van der Waals surface area contributed by atoms with Crippen molar-refractivity contribution in [2.24, 2.45) is 7.05 Å². The van der Waals surface area contributed by atoms with Gasteiger partial charge in [0.05, 0.1) is 11.9 Å². The molecule has 5 nitrogen and oxygen atoms in total. The van der Waals surface area contributed by atoms with E-state index >= 15 is 0 Å². The fourth-order valence-corrected chi connectivity index (χ4v) is 1.96. The van der Waals surface area contributed by atoms with E-state index in [4.69, 9.17) is 0 Å². The van der Waals surface area contributed by atoms with Gasteiger partial charge in [0, 0.05) is 36.6 Å². The van der Waals surface area contributed by atoms with Crippen LogP contribution < -0.4 is 5.56 Å². The summed E-state index contributed by atoms with van der Waals surface area (Å²) in [5, 5.41) is 3.93. The van der Waals surface area contributed by atoms with Crippen molar-refractivity contribution in [2.45, 2.75) is 6.92 Å². The summed E-state index contributed by atoms with van der Waals surface area (Å²) in [6.45, 7) is 1.80. The molecule has 0 fully saturated rings. The minimum absolute atomic E-state index is 0.236. The zero-order valence-electron chi connectivity index (χ0n) is 10.5. The number of imidazole rings is 1. The zero-order valence-corrected chi connectivity index (χ0v) is 10.5. The van der Waals surface area contributed by atoms with Crippen LogP contribution in [-0.4, -0.2) is 19.2 Å². The van der Waals surface area contributed by atoms with E-state index in [0.29, 0.717) is 11.1 Å². The summed E-state index contributed by atoms with van der Waals surface area (Å²) >= 11 is 0. The maximum absolute atomic E-state index is 13.9. The van der Waals surface area contributed by atoms with E-state index in [2.05, 4.69) is 10.1 Å². The summed E-state index contributed by atoms with van der Waals surface area (Å²) in [5.41, 5.74) is 1.94. The number of rotatable bonds is 1. The van der Waals surface area contributed by atoms with Gasteiger partial charge in [-0.15, -0.1) is 0 Å². The van der Waals surface area contributed by atoms with Crippen molar-refractivity contribution in [2.75, 3.05) is 0 Å². The van der Waals surface area contributed by atoms with Crippen LogP contribution in [0.25, 0.3) is 16.8 Å². The van der Waals surface area contributed by atoms with Gasteiger partial charge in [-0.3, -0.25) is 4.79 Å². The first-order valence-electron chi connectivity index (χ1n) is 5.73. The van der Waals surface area contributed by atoms with Gasteiger partial charge in [0.1, 0.15) is 0 Å². The number of hydrogen-bond acceptors (Lipinski definition) is 3. The van der Waals surface area contributed by atoms with Gasteiger partial charge >= 0.3 is 0 Å². The standard InChI is InChI=1S/C13H11FN4O/c1-8-6-18-7-10(3-11(14)13(18)16-8)9-4-12(19)17(2)15-5-9/h3-7H,1-2H3. The van der Waals surface area contributed by atoms with Crippen LogP contribution in [0.2, 0.25) is 0 Å². The molecule has 0 unspecified atom stereocenters. The predicted molar refractivity (Wildman–Crippen MR) is 68.4 cm³/mol. The molecule has 0 atom stereocenters. The molecule has 3 rings (SSSR count). The minimum Gasteiger partial charge on any atom is -0.304 e. The van der Waals surface area contributed by atoms with Crippen molar-refractivity contribution in [1.29, 1.82) is 0 Å². The normalized spacial score (nSPS) is 11.1. The lowest BCUT2D eigenvalue weighted by Gasteiger charge is -2.04. The molecule has 0 saturated carbocycles. The van der Waals surface area contributed by atoms with E-state index in [0.717, 1.165) is 5.69 Å². The van der Waals surface area contributed by atoms with Gasteiger partial charge in [-0.2, -0.15) is 5.10 Å². The molecule has 19 heavy (non-hydrogen) atoms. The lowest BCUT2D eigenvalue weighted by atomic mass is 10.1. The Morgan fingerprint density at radius 1 is 1.21 bits per heavy atom. The van der Waals surface area contributed by atoms with Crippen molar-refractivity contribution in [1.82, 2.24) is 19.2 Å². The summed E-state index contributed by atoms with van der Waals surface area (Å²) in [6.07, 6.45) is 5.00. The Kier molecular flexibility index (Phi) is 2.45. The Balaban J connectivity index is 2.24. The monoisotopic (exact) mass is 258 g/mol. The number of nitrogens with zero attached hydrogens (tertiary/aromatic N) is 4. The average molecular weight is 258 g/mol. The van der Waals surface area contributed by atoms with Crippen LogP contribution in [0.15, 0.2) is 35.5 Å². The van der Waals surface area contributed by atoms with Crippen molar-refractivity contribution in [3.63, 3.8) is 0 Å². The van der Waals surface area contributed by atoms with Crippen molar-refractivity contribution >= 4 is 5.65 Å². The van der Waals surface area contributed by atoms with Crippen LogP contribution in [0.3, 0.4) is 0 Å². The topological polar surface area (TPSA) is 52.2 Å². The minimum atomic E-state index is -0.425. The molecular weight excluding hydrogens is 247 g/mol. The summed E-state index contributed by atoms with van der Waals surface area (Å²) in [7, 11) is 1.56. The number of aryl methyl sites for hydroxylation is 2. The Morgan fingerprint density at radius 3 is 2.74 bits per heavy atom. The van der Waals surface area contributed by atoms with Gasteiger partial charge in [0.15, 0.2) is 11.5 Å². The van der Waals surface area contributed by atoms with Crippen LogP contribution in [0, 0.1) is 12.7 Å². The first kappa shape index (κ1) is 11.6. The van der Waals surface area contributed by atoms with E-state index in [1.54, 1.807) is 30.8 Å². The SMILES string of the molecule is Cc1cn2cc(-c3cnn(C)c(=O)c3)cc(F)c2n1. The third kappa shape index (κ3) is 1.91. The van der Waals surface area contributed by atoms with E-state index < -0.39 is 5.82 Å². The molecule has 0 aromatic carbocycles. The molecule has 0 radical (unpaired) electrons. The zero-order chi connectivity index (χ0) is 13.6. The maximum Gasteiger partial charge on any atom is 0.267 e. The van der Waals surface area contributed by atoms with E-state index in [-0.39, 0.29) is 11.2 Å². The highest BCUT2D eigenvalue weighted by atomic mass is 19.1. The number of pyridine rings is 1. The molecule has 0 aliphatic rings. The lowest BCUT2D eigenvalue weighted by molar-refractivity contribution is 0.630. The fourth-order valence-electron chi connectivity index (χ4n) is 1.96. The van der Waals surface area contributed by atoms with Crippen molar-refractivity contribution in [3.05, 3.63) is 52.6 Å². The van der Waals surface area contributed by atoms with Gasteiger partial charge in [-0.1, -0.05) is 0 Å². The third-order valence-electron chi connectivity index (χ3n) is 2.93. The van der Waals surface area contributed by atoms with Gasteiger partial charge in [-0.05, 0) is 13.0 Å². The molecule has 0 amide bonds. The summed E-state index contributed by atoms with van der Waals surface area (Å²) in [6, 6.07) is 2.79. The highest BCUT2D eigenvalue weighted by Crippen LogP contribution is 2.20. The molecule has 3 heterocycles. The van der Waals surface area contributed by atoms with Gasteiger partial charge < -0.3 is 4.40 Å².